The summed E-state index contributed by atoms with van der Waals surface area (Å²) >= 11 is 0. The van der Waals surface area contributed by atoms with Gasteiger partial charge in [0, 0.05) is 28.8 Å². The van der Waals surface area contributed by atoms with Crippen LogP contribution in [0, 0.1) is 5.92 Å². The van der Waals surface area contributed by atoms with Gasteiger partial charge in [-0.15, -0.1) is 0 Å². The smallest absolute Gasteiger partial charge is 0.247 e. The van der Waals surface area contributed by atoms with Gasteiger partial charge in [-0.2, -0.15) is 0 Å². The zero-order valence-electron chi connectivity index (χ0n) is 20.4. The Morgan fingerprint density at radius 3 is 2.46 bits per heavy atom. The largest absolute Gasteiger partial charge is 0.350 e. The van der Waals surface area contributed by atoms with E-state index in [0.717, 1.165) is 72.2 Å². The number of carbonyl (C=O) groups is 2. The van der Waals surface area contributed by atoms with E-state index in [2.05, 4.69) is 15.6 Å². The Labute approximate surface area is 207 Å². The molecule has 0 atom stereocenters. The lowest BCUT2D eigenvalue weighted by molar-refractivity contribution is -0.120. The maximum absolute atomic E-state index is 12.8. The van der Waals surface area contributed by atoms with Crippen molar-refractivity contribution in [1.29, 1.82) is 0 Å². The number of aromatic nitrogens is 2. The fraction of sp³-hybridized carbons (Fsp3) is 0.483. The van der Waals surface area contributed by atoms with Gasteiger partial charge >= 0.3 is 0 Å². The molecule has 184 valence electrons. The van der Waals surface area contributed by atoms with Crippen molar-refractivity contribution >= 4 is 34.1 Å². The average Bonchev–Trinajstić information content (AvgIpc) is 3.04. The number of carbonyl (C=O) groups excluding carboxylic acids is 2. The number of H-pyrrole nitrogens is 1. The van der Waals surface area contributed by atoms with Crippen LogP contribution in [0.1, 0.15) is 82.9 Å². The summed E-state index contributed by atoms with van der Waals surface area (Å²) in [5.41, 5.74) is 4.25. The number of fused-ring (bicyclic) bond motifs is 1. The number of imidazole rings is 1. The van der Waals surface area contributed by atoms with Gasteiger partial charge in [-0.25, -0.2) is 4.98 Å². The van der Waals surface area contributed by atoms with E-state index in [1.54, 1.807) is 0 Å². The number of anilines is 1. The van der Waals surface area contributed by atoms with E-state index < -0.39 is 0 Å². The van der Waals surface area contributed by atoms with Gasteiger partial charge in [0.15, 0.2) is 0 Å². The first-order valence-electron chi connectivity index (χ1n) is 13.3. The predicted molar refractivity (Wildman–Crippen MR) is 141 cm³/mol. The molecule has 2 amide bonds. The van der Waals surface area contributed by atoms with Crippen molar-refractivity contribution in [3.63, 3.8) is 0 Å². The van der Waals surface area contributed by atoms with Crippen molar-refractivity contribution in [2.45, 2.75) is 83.1 Å². The Bertz CT molecular complexity index is 1160. The molecule has 2 fully saturated rings. The van der Waals surface area contributed by atoms with Crippen LogP contribution >= 0.6 is 0 Å². The normalized spacial score (nSPS) is 20.0. The molecule has 0 aliphatic heterocycles. The van der Waals surface area contributed by atoms with E-state index in [9.17, 15) is 9.59 Å². The maximum Gasteiger partial charge on any atom is 0.247 e. The molecular formula is C29H36N4O2. The van der Waals surface area contributed by atoms with Crippen molar-refractivity contribution in [2.24, 2.45) is 5.92 Å². The summed E-state index contributed by atoms with van der Waals surface area (Å²) in [6.07, 6.45) is 21.1. The molecular weight excluding hydrogens is 436 g/mol. The molecule has 2 aromatic rings. The number of aromatic amines is 1. The lowest BCUT2D eigenvalue weighted by Crippen LogP contribution is -2.36. The molecule has 6 nitrogen and oxygen atoms in total. The molecule has 0 bridgehead atoms. The van der Waals surface area contributed by atoms with Crippen molar-refractivity contribution in [3.8, 4) is 0 Å². The molecule has 3 aliphatic rings. The minimum Gasteiger partial charge on any atom is -0.350 e. The minimum atomic E-state index is 0.0395. The summed E-state index contributed by atoms with van der Waals surface area (Å²) in [7, 11) is 0. The van der Waals surface area contributed by atoms with Gasteiger partial charge in [-0.05, 0) is 50.3 Å². The number of allylic oxidation sites excluding steroid dienone is 5. The van der Waals surface area contributed by atoms with Gasteiger partial charge in [0.1, 0.15) is 5.82 Å². The third kappa shape index (κ3) is 5.92. The molecule has 3 aliphatic carbocycles. The van der Waals surface area contributed by atoms with Crippen LogP contribution in [0.25, 0.3) is 16.6 Å². The van der Waals surface area contributed by atoms with E-state index in [1.165, 1.54) is 32.1 Å². The summed E-state index contributed by atoms with van der Waals surface area (Å²) in [5.74, 6) is 1.04. The fourth-order valence-corrected chi connectivity index (χ4v) is 5.49. The predicted octanol–water partition coefficient (Wildman–Crippen LogP) is 6.19. The van der Waals surface area contributed by atoms with E-state index in [1.807, 2.05) is 42.5 Å². The molecule has 0 unspecified atom stereocenters. The number of benzene rings is 1. The quantitative estimate of drug-likeness (QED) is 0.454. The van der Waals surface area contributed by atoms with Gasteiger partial charge in [-0.3, -0.25) is 9.59 Å². The Kier molecular flexibility index (Phi) is 7.45. The first kappa shape index (κ1) is 23.6. The van der Waals surface area contributed by atoms with Crippen LogP contribution in [0.15, 0.2) is 48.1 Å². The Hall–Kier alpha value is -3.15. The Morgan fingerprint density at radius 1 is 0.914 bits per heavy atom. The number of hydrogen-bond acceptors (Lipinski definition) is 3. The van der Waals surface area contributed by atoms with Crippen molar-refractivity contribution in [2.75, 3.05) is 5.32 Å². The van der Waals surface area contributed by atoms with Gasteiger partial charge in [-0.1, -0.05) is 69.2 Å². The maximum atomic E-state index is 12.8. The first-order chi connectivity index (χ1) is 17.2. The molecule has 3 N–H and O–H groups in total. The van der Waals surface area contributed by atoms with E-state index in [0.29, 0.717) is 12.5 Å². The number of nitrogens with one attached hydrogen (secondary N) is 3. The van der Waals surface area contributed by atoms with Crippen LogP contribution in [0.4, 0.5) is 5.69 Å². The number of amides is 2. The van der Waals surface area contributed by atoms with E-state index in [4.69, 9.17) is 4.98 Å². The number of rotatable bonds is 5. The standard InChI is InChI=1S/C29H36N4O2/c34-28(21-9-4-1-2-5-10-21)31-24-17-18-25-26(19-24)33-27(32-25)20-11-8-12-22(16-15-20)29(35)30-23-13-6-3-7-14-23/h8,11,15-19,21,23H,1-7,9-10,12-14H2,(H,30,35)(H,31,34)(H,32,33). The zero-order valence-corrected chi connectivity index (χ0v) is 20.4. The highest BCUT2D eigenvalue weighted by Crippen LogP contribution is 2.27. The van der Waals surface area contributed by atoms with Crippen LogP contribution in [-0.2, 0) is 9.59 Å². The van der Waals surface area contributed by atoms with Crippen LogP contribution in [0.3, 0.4) is 0 Å². The van der Waals surface area contributed by atoms with Crippen molar-refractivity contribution in [1.82, 2.24) is 15.3 Å². The lowest BCUT2D eigenvalue weighted by Gasteiger charge is -2.23. The molecule has 1 aromatic carbocycles. The highest BCUT2D eigenvalue weighted by atomic mass is 16.2. The number of hydrogen-bond donors (Lipinski definition) is 3. The molecule has 1 aromatic heterocycles. The van der Waals surface area contributed by atoms with Crippen LogP contribution in [-0.4, -0.2) is 27.8 Å². The van der Waals surface area contributed by atoms with Gasteiger partial charge in [0.05, 0.1) is 11.0 Å². The molecule has 6 heteroatoms. The molecule has 0 spiro atoms. The Balaban J connectivity index is 1.27. The topological polar surface area (TPSA) is 86.9 Å². The summed E-state index contributed by atoms with van der Waals surface area (Å²) in [6.45, 7) is 0. The number of nitrogens with zero attached hydrogens (tertiary/aromatic N) is 1. The second-order valence-electron chi connectivity index (χ2n) is 10.2. The summed E-state index contributed by atoms with van der Waals surface area (Å²) in [5, 5.41) is 6.33. The molecule has 5 rings (SSSR count). The molecule has 35 heavy (non-hydrogen) atoms. The molecule has 0 saturated heterocycles. The first-order valence-corrected chi connectivity index (χ1v) is 13.3. The lowest BCUT2D eigenvalue weighted by atomic mass is 9.95. The second kappa shape index (κ2) is 11.1. The van der Waals surface area contributed by atoms with Gasteiger partial charge < -0.3 is 15.6 Å². The zero-order chi connectivity index (χ0) is 24.0. The van der Waals surface area contributed by atoms with Crippen LogP contribution in [0.2, 0.25) is 0 Å². The van der Waals surface area contributed by atoms with E-state index in [-0.39, 0.29) is 17.7 Å². The fourth-order valence-electron chi connectivity index (χ4n) is 5.49. The minimum absolute atomic E-state index is 0.0395. The molecule has 2 saturated carbocycles. The van der Waals surface area contributed by atoms with Crippen LogP contribution < -0.4 is 10.6 Å². The third-order valence-corrected chi connectivity index (χ3v) is 7.58. The third-order valence-electron chi connectivity index (χ3n) is 7.58. The highest BCUT2D eigenvalue weighted by Gasteiger charge is 2.21. The summed E-state index contributed by atoms with van der Waals surface area (Å²) in [6, 6.07) is 6.13. The summed E-state index contributed by atoms with van der Waals surface area (Å²) < 4.78 is 0. The average molecular weight is 473 g/mol. The van der Waals surface area contributed by atoms with Crippen molar-refractivity contribution < 1.29 is 9.59 Å². The molecule has 1 heterocycles. The van der Waals surface area contributed by atoms with E-state index >= 15 is 0 Å². The van der Waals surface area contributed by atoms with Crippen molar-refractivity contribution in [3.05, 3.63) is 53.9 Å². The SMILES string of the molecule is O=C(NC1CCCCC1)C1=CC=C(c2nc3ccc(NC(=O)C4CCCCCC4)cc3[nH]2)C=CC1. The summed E-state index contributed by atoms with van der Waals surface area (Å²) in [4.78, 5) is 33.7. The monoisotopic (exact) mass is 472 g/mol. The van der Waals surface area contributed by atoms with Gasteiger partial charge in [0.2, 0.25) is 11.8 Å². The second-order valence-corrected chi connectivity index (χ2v) is 10.2. The van der Waals surface area contributed by atoms with Gasteiger partial charge in [0.25, 0.3) is 0 Å². The molecule has 0 radical (unpaired) electrons. The highest BCUT2D eigenvalue weighted by molar-refractivity contribution is 5.96. The van der Waals surface area contributed by atoms with Crippen LogP contribution in [0.5, 0.6) is 0 Å². The Morgan fingerprint density at radius 2 is 1.66 bits per heavy atom.